The number of hydrogen-bond acceptors (Lipinski definition) is 4. The lowest BCUT2D eigenvalue weighted by Crippen LogP contribution is -2.09. The van der Waals surface area contributed by atoms with E-state index in [1.54, 1.807) is 30.2 Å². The van der Waals surface area contributed by atoms with Crippen LogP contribution in [0.1, 0.15) is 16.1 Å². The average Bonchev–Trinajstić information content (AvgIpc) is 2.95. The van der Waals surface area contributed by atoms with Crippen molar-refractivity contribution in [1.82, 2.24) is 24.4 Å². The van der Waals surface area contributed by atoms with Crippen LogP contribution in [0.25, 0.3) is 17.0 Å². The van der Waals surface area contributed by atoms with Gasteiger partial charge in [0, 0.05) is 18.8 Å². The molecule has 0 saturated carbocycles. The van der Waals surface area contributed by atoms with E-state index < -0.39 is 5.97 Å². The summed E-state index contributed by atoms with van der Waals surface area (Å²) in [6.45, 7) is 1.84. The van der Waals surface area contributed by atoms with Crippen molar-refractivity contribution in [3.63, 3.8) is 0 Å². The average molecular weight is 257 g/mol. The van der Waals surface area contributed by atoms with Crippen LogP contribution >= 0.6 is 0 Å². The zero-order chi connectivity index (χ0) is 13.6. The number of carboxylic acid groups (broad SMARTS) is 1. The lowest BCUT2D eigenvalue weighted by atomic mass is 10.2. The van der Waals surface area contributed by atoms with Crippen molar-refractivity contribution in [3.8, 4) is 11.4 Å². The van der Waals surface area contributed by atoms with Gasteiger partial charge in [0.1, 0.15) is 0 Å². The minimum atomic E-state index is -1.04. The number of aryl methyl sites for hydroxylation is 2. The molecule has 3 rings (SSSR count). The van der Waals surface area contributed by atoms with Crippen molar-refractivity contribution in [1.29, 1.82) is 0 Å². The molecule has 0 amide bonds. The van der Waals surface area contributed by atoms with Gasteiger partial charge in [0.15, 0.2) is 11.3 Å². The first-order valence-corrected chi connectivity index (χ1v) is 5.65. The lowest BCUT2D eigenvalue weighted by Gasteiger charge is -2.05. The van der Waals surface area contributed by atoms with E-state index in [1.165, 1.54) is 10.6 Å². The van der Waals surface area contributed by atoms with Crippen LogP contribution in [0.2, 0.25) is 0 Å². The Labute approximate surface area is 108 Å². The van der Waals surface area contributed by atoms with Crippen LogP contribution in [-0.4, -0.2) is 35.5 Å². The van der Waals surface area contributed by atoms with Crippen LogP contribution < -0.4 is 0 Å². The topological polar surface area (TPSA) is 85.3 Å². The number of rotatable bonds is 2. The van der Waals surface area contributed by atoms with Gasteiger partial charge in [-0.05, 0) is 19.1 Å². The molecule has 1 N–H and O–H groups in total. The Balaban J connectivity index is 2.36. The SMILES string of the molecule is Cc1cnn2c(C(=O)O)cc(-c3ccnn3C)nc12. The second-order valence-electron chi connectivity index (χ2n) is 4.23. The molecule has 96 valence electrons. The molecule has 3 heterocycles. The Bertz CT molecular complexity index is 787. The first-order valence-electron chi connectivity index (χ1n) is 5.65. The number of carboxylic acids is 1. The van der Waals surface area contributed by atoms with Crippen LogP contribution in [0.15, 0.2) is 24.5 Å². The fourth-order valence-electron chi connectivity index (χ4n) is 1.98. The molecule has 3 aromatic heterocycles. The maximum absolute atomic E-state index is 11.3. The van der Waals surface area contributed by atoms with Gasteiger partial charge in [-0.15, -0.1) is 0 Å². The monoisotopic (exact) mass is 257 g/mol. The molecule has 0 bridgehead atoms. The van der Waals surface area contributed by atoms with E-state index in [2.05, 4.69) is 15.2 Å². The zero-order valence-corrected chi connectivity index (χ0v) is 10.4. The fraction of sp³-hybridized carbons (Fsp3) is 0.167. The second-order valence-corrected chi connectivity index (χ2v) is 4.23. The molecule has 7 heteroatoms. The molecule has 0 saturated heterocycles. The van der Waals surface area contributed by atoms with E-state index in [9.17, 15) is 9.90 Å². The molecule has 0 atom stereocenters. The first-order chi connectivity index (χ1) is 9.08. The summed E-state index contributed by atoms with van der Waals surface area (Å²) >= 11 is 0. The number of fused-ring (bicyclic) bond motifs is 1. The summed E-state index contributed by atoms with van der Waals surface area (Å²) < 4.78 is 2.98. The van der Waals surface area contributed by atoms with Gasteiger partial charge < -0.3 is 5.11 Å². The van der Waals surface area contributed by atoms with Crippen molar-refractivity contribution in [2.75, 3.05) is 0 Å². The van der Waals surface area contributed by atoms with Crippen molar-refractivity contribution in [2.45, 2.75) is 6.92 Å². The minimum absolute atomic E-state index is 0.0781. The maximum atomic E-state index is 11.3. The van der Waals surface area contributed by atoms with E-state index in [0.717, 1.165) is 11.3 Å². The van der Waals surface area contributed by atoms with Crippen molar-refractivity contribution >= 4 is 11.6 Å². The predicted molar refractivity (Wildman–Crippen MR) is 66.9 cm³/mol. The highest BCUT2D eigenvalue weighted by molar-refractivity contribution is 5.88. The third kappa shape index (κ3) is 1.67. The molecule has 0 radical (unpaired) electrons. The first kappa shape index (κ1) is 11.4. The van der Waals surface area contributed by atoms with Gasteiger partial charge in [0.25, 0.3) is 0 Å². The Hall–Kier alpha value is -2.70. The molecular weight excluding hydrogens is 246 g/mol. The molecule has 0 aliphatic carbocycles. The van der Waals surface area contributed by atoms with Crippen LogP contribution in [0.5, 0.6) is 0 Å². The highest BCUT2D eigenvalue weighted by Gasteiger charge is 2.16. The molecule has 3 aromatic rings. The van der Waals surface area contributed by atoms with E-state index in [1.807, 2.05) is 6.92 Å². The Morgan fingerprint density at radius 1 is 1.37 bits per heavy atom. The zero-order valence-electron chi connectivity index (χ0n) is 10.4. The molecule has 0 aromatic carbocycles. The predicted octanol–water partition coefficient (Wildman–Crippen LogP) is 1.14. The Kier molecular flexibility index (Phi) is 2.34. The maximum Gasteiger partial charge on any atom is 0.354 e. The smallest absolute Gasteiger partial charge is 0.354 e. The molecule has 19 heavy (non-hydrogen) atoms. The van der Waals surface area contributed by atoms with E-state index in [4.69, 9.17) is 0 Å². The van der Waals surface area contributed by atoms with E-state index in [0.29, 0.717) is 11.3 Å². The minimum Gasteiger partial charge on any atom is -0.477 e. The summed E-state index contributed by atoms with van der Waals surface area (Å²) in [5.74, 6) is -1.04. The summed E-state index contributed by atoms with van der Waals surface area (Å²) in [5.41, 5.74) is 2.76. The highest BCUT2D eigenvalue weighted by Crippen LogP contribution is 2.20. The normalized spacial score (nSPS) is 11.1. The van der Waals surface area contributed by atoms with Crippen LogP contribution in [0.4, 0.5) is 0 Å². The number of aromatic nitrogens is 5. The third-order valence-corrected chi connectivity index (χ3v) is 2.95. The molecule has 0 aliphatic heterocycles. The van der Waals surface area contributed by atoms with Crippen LogP contribution in [-0.2, 0) is 7.05 Å². The second kappa shape index (κ2) is 3.91. The Morgan fingerprint density at radius 3 is 2.79 bits per heavy atom. The molecule has 0 fully saturated rings. The van der Waals surface area contributed by atoms with Gasteiger partial charge in [0.05, 0.1) is 17.6 Å². The highest BCUT2D eigenvalue weighted by atomic mass is 16.4. The standard InChI is InChI=1S/C12H11N5O2/c1-7-6-14-17-10(12(18)19)5-8(15-11(7)17)9-3-4-13-16(9)2/h3-6H,1-2H3,(H,18,19). The van der Waals surface area contributed by atoms with Gasteiger partial charge in [0.2, 0.25) is 0 Å². The number of aromatic carboxylic acids is 1. The molecule has 0 unspecified atom stereocenters. The van der Waals surface area contributed by atoms with Gasteiger partial charge in [-0.25, -0.2) is 14.3 Å². The molecule has 0 aliphatic rings. The van der Waals surface area contributed by atoms with Crippen LogP contribution in [0.3, 0.4) is 0 Å². The third-order valence-electron chi connectivity index (χ3n) is 2.95. The summed E-state index contributed by atoms with van der Waals surface area (Å²) in [7, 11) is 1.78. The van der Waals surface area contributed by atoms with Gasteiger partial charge in [-0.1, -0.05) is 0 Å². The van der Waals surface area contributed by atoms with Crippen molar-refractivity contribution < 1.29 is 9.90 Å². The van der Waals surface area contributed by atoms with E-state index in [-0.39, 0.29) is 5.69 Å². The summed E-state index contributed by atoms with van der Waals surface area (Å²) in [6, 6.07) is 3.29. The molecule has 0 spiro atoms. The van der Waals surface area contributed by atoms with Crippen molar-refractivity contribution in [3.05, 3.63) is 35.8 Å². The fourth-order valence-corrected chi connectivity index (χ4v) is 1.98. The van der Waals surface area contributed by atoms with Crippen molar-refractivity contribution in [2.24, 2.45) is 7.05 Å². The number of nitrogens with zero attached hydrogens (tertiary/aromatic N) is 5. The lowest BCUT2D eigenvalue weighted by molar-refractivity contribution is 0.0687. The van der Waals surface area contributed by atoms with Gasteiger partial charge in [-0.2, -0.15) is 10.2 Å². The Morgan fingerprint density at radius 2 is 2.16 bits per heavy atom. The van der Waals surface area contributed by atoms with Crippen LogP contribution in [0, 0.1) is 6.92 Å². The molecule has 7 nitrogen and oxygen atoms in total. The molecular formula is C12H11N5O2. The summed E-state index contributed by atoms with van der Waals surface area (Å²) in [6.07, 6.45) is 3.24. The quantitative estimate of drug-likeness (QED) is 0.744. The van der Waals surface area contributed by atoms with E-state index >= 15 is 0 Å². The largest absolute Gasteiger partial charge is 0.477 e. The number of carbonyl (C=O) groups is 1. The summed E-state index contributed by atoms with van der Waals surface area (Å²) in [5, 5.41) is 17.4. The summed E-state index contributed by atoms with van der Waals surface area (Å²) in [4.78, 5) is 15.8. The number of hydrogen-bond donors (Lipinski definition) is 1. The van der Waals surface area contributed by atoms with Gasteiger partial charge >= 0.3 is 5.97 Å². The van der Waals surface area contributed by atoms with Gasteiger partial charge in [-0.3, -0.25) is 4.68 Å².